The summed E-state index contributed by atoms with van der Waals surface area (Å²) >= 11 is 6.01. The van der Waals surface area contributed by atoms with Crippen molar-refractivity contribution >= 4 is 29.2 Å². The Bertz CT molecular complexity index is 1010. The molecular formula is C22H20ClN3O4. The Hall–Kier alpha value is -3.55. The fourth-order valence-corrected chi connectivity index (χ4v) is 2.66. The normalized spacial score (nSPS) is 12.0. The molecular weight excluding hydrogens is 406 g/mol. The molecule has 1 atom stereocenters. The van der Waals surface area contributed by atoms with Crippen LogP contribution in [-0.2, 0) is 14.3 Å². The summed E-state index contributed by atoms with van der Waals surface area (Å²) in [5.74, 6) is -0.723. The first-order chi connectivity index (χ1) is 14.3. The third-order valence-corrected chi connectivity index (χ3v) is 4.43. The predicted octanol–water partition coefficient (Wildman–Crippen LogP) is 4.20. The van der Waals surface area contributed by atoms with Crippen molar-refractivity contribution in [1.29, 1.82) is 10.5 Å². The molecule has 0 heterocycles. The predicted molar refractivity (Wildman–Crippen MR) is 111 cm³/mol. The van der Waals surface area contributed by atoms with E-state index in [0.29, 0.717) is 23.4 Å². The van der Waals surface area contributed by atoms with E-state index in [1.807, 2.05) is 19.1 Å². The number of ether oxygens (including phenoxy) is 2. The number of carbonyl (C=O) groups is 2. The SMILES string of the molecule is CCCC(=O)O[C@@](C)(COc1ccc(C#N)cc1)C(=O)Nc1ccc(C#N)c(Cl)c1. The molecule has 0 fully saturated rings. The van der Waals surface area contributed by atoms with E-state index in [-0.39, 0.29) is 23.6 Å². The highest BCUT2D eigenvalue weighted by Crippen LogP contribution is 2.23. The van der Waals surface area contributed by atoms with Crippen molar-refractivity contribution in [2.45, 2.75) is 32.3 Å². The number of nitrogens with one attached hydrogen (secondary N) is 1. The summed E-state index contributed by atoms with van der Waals surface area (Å²) < 4.78 is 11.1. The Labute approximate surface area is 179 Å². The topological polar surface area (TPSA) is 112 Å². The maximum absolute atomic E-state index is 12.9. The lowest BCUT2D eigenvalue weighted by Crippen LogP contribution is -2.49. The van der Waals surface area contributed by atoms with Crippen LogP contribution in [0.4, 0.5) is 5.69 Å². The summed E-state index contributed by atoms with van der Waals surface area (Å²) in [4.78, 5) is 25.0. The third kappa shape index (κ3) is 5.97. The zero-order chi connectivity index (χ0) is 22.1. The van der Waals surface area contributed by atoms with Crippen LogP contribution >= 0.6 is 11.6 Å². The lowest BCUT2D eigenvalue weighted by molar-refractivity contribution is -0.167. The Morgan fingerprint density at radius 2 is 1.83 bits per heavy atom. The molecule has 0 radical (unpaired) electrons. The largest absolute Gasteiger partial charge is 0.489 e. The summed E-state index contributed by atoms with van der Waals surface area (Å²) in [5, 5.41) is 20.7. The van der Waals surface area contributed by atoms with Gasteiger partial charge in [0, 0.05) is 12.1 Å². The van der Waals surface area contributed by atoms with Crippen LogP contribution in [0, 0.1) is 22.7 Å². The number of anilines is 1. The number of hydrogen-bond donors (Lipinski definition) is 1. The van der Waals surface area contributed by atoms with E-state index < -0.39 is 17.5 Å². The van der Waals surface area contributed by atoms with Crippen molar-refractivity contribution in [1.82, 2.24) is 0 Å². The van der Waals surface area contributed by atoms with Crippen molar-refractivity contribution in [2.75, 3.05) is 11.9 Å². The first-order valence-electron chi connectivity index (χ1n) is 9.17. The van der Waals surface area contributed by atoms with Crippen molar-refractivity contribution in [3.05, 3.63) is 58.6 Å². The minimum atomic E-state index is -1.62. The lowest BCUT2D eigenvalue weighted by Gasteiger charge is -2.28. The molecule has 8 heteroatoms. The number of rotatable bonds is 8. The Morgan fingerprint density at radius 3 is 2.40 bits per heavy atom. The quantitative estimate of drug-likeness (QED) is 0.634. The molecule has 1 N–H and O–H groups in total. The molecule has 2 aromatic carbocycles. The van der Waals surface area contributed by atoms with E-state index in [1.54, 1.807) is 24.3 Å². The van der Waals surface area contributed by atoms with Gasteiger partial charge >= 0.3 is 5.97 Å². The Balaban J connectivity index is 2.19. The first-order valence-corrected chi connectivity index (χ1v) is 9.55. The van der Waals surface area contributed by atoms with E-state index in [2.05, 4.69) is 5.32 Å². The Kier molecular flexibility index (Phi) is 7.80. The molecule has 0 saturated heterocycles. The average Bonchev–Trinajstić information content (AvgIpc) is 2.73. The van der Waals surface area contributed by atoms with Crippen LogP contribution in [0.15, 0.2) is 42.5 Å². The number of nitrogens with zero attached hydrogens (tertiary/aromatic N) is 2. The van der Waals surface area contributed by atoms with E-state index >= 15 is 0 Å². The maximum Gasteiger partial charge on any atom is 0.306 e. The molecule has 0 aliphatic rings. The highest BCUT2D eigenvalue weighted by Gasteiger charge is 2.38. The van der Waals surface area contributed by atoms with Gasteiger partial charge in [0.15, 0.2) is 0 Å². The van der Waals surface area contributed by atoms with Gasteiger partial charge in [-0.15, -0.1) is 0 Å². The first kappa shape index (κ1) is 22.7. The second-order valence-corrected chi connectivity index (χ2v) is 7.05. The molecule has 0 aliphatic heterocycles. The highest BCUT2D eigenvalue weighted by molar-refractivity contribution is 6.32. The fraction of sp³-hybridized carbons (Fsp3) is 0.273. The molecule has 0 bridgehead atoms. The van der Waals surface area contributed by atoms with Gasteiger partial charge in [-0.1, -0.05) is 18.5 Å². The van der Waals surface area contributed by atoms with Gasteiger partial charge < -0.3 is 14.8 Å². The van der Waals surface area contributed by atoms with Gasteiger partial charge in [-0.05, 0) is 55.8 Å². The Morgan fingerprint density at radius 1 is 1.13 bits per heavy atom. The van der Waals surface area contributed by atoms with Crippen LogP contribution in [0.3, 0.4) is 0 Å². The number of amides is 1. The van der Waals surface area contributed by atoms with Crippen LogP contribution in [0.5, 0.6) is 5.75 Å². The number of benzene rings is 2. The molecule has 2 aromatic rings. The molecule has 154 valence electrons. The summed E-state index contributed by atoms with van der Waals surface area (Å²) in [7, 11) is 0. The van der Waals surface area contributed by atoms with E-state index in [4.69, 9.17) is 31.6 Å². The van der Waals surface area contributed by atoms with Crippen molar-refractivity contribution in [3.63, 3.8) is 0 Å². The standard InChI is InChI=1S/C22H20ClN3O4/c1-3-4-20(27)30-22(2,14-29-18-9-5-15(12-24)6-10-18)21(28)26-17-8-7-16(13-25)19(23)11-17/h5-11H,3-4,14H2,1-2H3,(H,26,28)/t22-/m0/s1. The molecule has 7 nitrogen and oxygen atoms in total. The van der Waals surface area contributed by atoms with Gasteiger partial charge in [0.2, 0.25) is 5.60 Å². The van der Waals surface area contributed by atoms with Crippen LogP contribution < -0.4 is 10.1 Å². The van der Waals surface area contributed by atoms with Gasteiger partial charge in [-0.2, -0.15) is 10.5 Å². The monoisotopic (exact) mass is 425 g/mol. The molecule has 0 aromatic heterocycles. The van der Waals surface area contributed by atoms with Crippen molar-refractivity contribution in [2.24, 2.45) is 0 Å². The van der Waals surface area contributed by atoms with E-state index in [0.717, 1.165) is 0 Å². The number of hydrogen-bond acceptors (Lipinski definition) is 6. The summed E-state index contributed by atoms with van der Waals surface area (Å²) in [5.41, 5.74) is -0.536. The lowest BCUT2D eigenvalue weighted by atomic mass is 10.1. The van der Waals surface area contributed by atoms with Crippen LogP contribution in [0.25, 0.3) is 0 Å². The molecule has 0 aliphatic carbocycles. The zero-order valence-electron chi connectivity index (χ0n) is 16.6. The fourth-order valence-electron chi connectivity index (χ4n) is 2.44. The van der Waals surface area contributed by atoms with Crippen LogP contribution in [-0.4, -0.2) is 24.1 Å². The minimum absolute atomic E-state index is 0.155. The third-order valence-electron chi connectivity index (χ3n) is 4.12. The molecule has 0 saturated carbocycles. The second kappa shape index (κ2) is 10.3. The molecule has 0 spiro atoms. The van der Waals surface area contributed by atoms with Crippen LogP contribution in [0.2, 0.25) is 5.02 Å². The number of nitriles is 2. The molecule has 2 rings (SSSR count). The van der Waals surface area contributed by atoms with Crippen molar-refractivity contribution in [3.8, 4) is 17.9 Å². The number of carbonyl (C=O) groups excluding carboxylic acids is 2. The van der Waals surface area contributed by atoms with Gasteiger partial charge in [0.1, 0.15) is 18.4 Å². The van der Waals surface area contributed by atoms with Gasteiger partial charge in [0.05, 0.1) is 22.2 Å². The second-order valence-electron chi connectivity index (χ2n) is 6.64. The summed E-state index contributed by atoms with van der Waals surface area (Å²) in [6.07, 6.45) is 0.723. The van der Waals surface area contributed by atoms with E-state index in [1.165, 1.54) is 25.1 Å². The summed E-state index contributed by atoms with van der Waals surface area (Å²) in [6, 6.07) is 14.7. The minimum Gasteiger partial charge on any atom is -0.489 e. The zero-order valence-corrected chi connectivity index (χ0v) is 17.3. The molecule has 30 heavy (non-hydrogen) atoms. The van der Waals surface area contributed by atoms with Crippen molar-refractivity contribution < 1.29 is 19.1 Å². The average molecular weight is 426 g/mol. The molecule has 1 amide bonds. The number of halogens is 1. The summed E-state index contributed by atoms with van der Waals surface area (Å²) in [6.45, 7) is 3.03. The van der Waals surface area contributed by atoms with Gasteiger partial charge in [0.25, 0.3) is 5.91 Å². The maximum atomic E-state index is 12.9. The molecule has 0 unspecified atom stereocenters. The van der Waals surface area contributed by atoms with Gasteiger partial charge in [-0.3, -0.25) is 9.59 Å². The van der Waals surface area contributed by atoms with Crippen LogP contribution in [0.1, 0.15) is 37.8 Å². The van der Waals surface area contributed by atoms with E-state index in [9.17, 15) is 9.59 Å². The highest BCUT2D eigenvalue weighted by atomic mass is 35.5. The smallest absolute Gasteiger partial charge is 0.306 e. The van der Waals surface area contributed by atoms with Gasteiger partial charge in [-0.25, -0.2) is 0 Å². The number of esters is 1.